The summed E-state index contributed by atoms with van der Waals surface area (Å²) in [5, 5.41) is 2.70. The van der Waals surface area contributed by atoms with Crippen molar-refractivity contribution in [3.8, 4) is 5.75 Å². The maximum absolute atomic E-state index is 13.4. The second kappa shape index (κ2) is 8.00. The number of carbonyl (C=O) groups is 2. The van der Waals surface area contributed by atoms with E-state index in [0.717, 1.165) is 12.8 Å². The molecule has 0 spiro atoms. The van der Waals surface area contributed by atoms with E-state index in [1.807, 2.05) is 11.0 Å². The molecular weight excluding hydrogens is 359 g/mol. The third-order valence-electron chi connectivity index (χ3n) is 5.66. The van der Waals surface area contributed by atoms with E-state index in [1.165, 1.54) is 12.1 Å². The summed E-state index contributed by atoms with van der Waals surface area (Å²) in [6.07, 6.45) is 1.90. The number of halogens is 1. The fourth-order valence-electron chi connectivity index (χ4n) is 4.24. The van der Waals surface area contributed by atoms with E-state index in [9.17, 15) is 14.0 Å². The number of fused-ring (bicyclic) bond motifs is 1. The quantitative estimate of drug-likeness (QED) is 0.865. The Kier molecular flexibility index (Phi) is 5.28. The van der Waals surface area contributed by atoms with Crippen LogP contribution in [0.2, 0.25) is 0 Å². The van der Waals surface area contributed by atoms with Crippen LogP contribution < -0.4 is 10.1 Å². The van der Waals surface area contributed by atoms with Crippen molar-refractivity contribution in [3.05, 3.63) is 66.0 Å². The lowest BCUT2D eigenvalue weighted by Gasteiger charge is -2.22. The van der Waals surface area contributed by atoms with Crippen LogP contribution in [0.15, 0.2) is 54.6 Å². The molecule has 6 heteroatoms. The monoisotopic (exact) mass is 382 g/mol. The number of hydrogen-bond acceptors (Lipinski definition) is 3. The predicted octanol–water partition coefficient (Wildman–Crippen LogP) is 2.87. The van der Waals surface area contributed by atoms with E-state index in [-0.39, 0.29) is 36.2 Å². The third kappa shape index (κ3) is 4.01. The standard InChI is InChI=1S/C22H23FN2O3/c23-17-7-4-8-18(11-17)28-20-10-9-16-13-25(14-19(16)20)21(26)12-24-22(27)15-5-2-1-3-6-15/h1-8,11,16,19-20H,9-10,12-14H2,(H,24,27)/t16-,19+,20-/m0/s1. The molecule has 0 radical (unpaired) electrons. The van der Waals surface area contributed by atoms with E-state index in [2.05, 4.69) is 5.32 Å². The van der Waals surface area contributed by atoms with Gasteiger partial charge < -0.3 is 15.0 Å². The lowest BCUT2D eigenvalue weighted by molar-refractivity contribution is -0.129. The Morgan fingerprint density at radius 1 is 1.07 bits per heavy atom. The number of carbonyl (C=O) groups excluding carboxylic acids is 2. The zero-order valence-electron chi connectivity index (χ0n) is 15.5. The summed E-state index contributed by atoms with van der Waals surface area (Å²) in [6.45, 7) is 1.29. The lowest BCUT2D eigenvalue weighted by atomic mass is 9.99. The van der Waals surface area contributed by atoms with Gasteiger partial charge in [-0.15, -0.1) is 0 Å². The van der Waals surface area contributed by atoms with Crippen LogP contribution in [-0.4, -0.2) is 42.5 Å². The smallest absolute Gasteiger partial charge is 0.251 e. The number of ether oxygens (including phenoxy) is 1. The molecular formula is C22H23FN2O3. The molecule has 1 saturated carbocycles. The minimum absolute atomic E-state index is 0.0106. The summed E-state index contributed by atoms with van der Waals surface area (Å²) in [4.78, 5) is 26.5. The lowest BCUT2D eigenvalue weighted by Crippen LogP contribution is -2.40. The molecule has 0 unspecified atom stereocenters. The molecule has 1 aliphatic carbocycles. The van der Waals surface area contributed by atoms with Crippen LogP contribution in [0.3, 0.4) is 0 Å². The van der Waals surface area contributed by atoms with Crippen LogP contribution in [0.1, 0.15) is 23.2 Å². The number of nitrogens with one attached hydrogen (secondary N) is 1. The second-order valence-corrected chi connectivity index (χ2v) is 7.46. The number of likely N-dealkylation sites (tertiary alicyclic amines) is 1. The van der Waals surface area contributed by atoms with Crippen molar-refractivity contribution >= 4 is 11.8 Å². The molecule has 1 aliphatic heterocycles. The molecule has 0 aromatic heterocycles. The summed E-state index contributed by atoms with van der Waals surface area (Å²) in [5.41, 5.74) is 0.539. The van der Waals surface area contributed by atoms with Crippen molar-refractivity contribution in [2.24, 2.45) is 11.8 Å². The topological polar surface area (TPSA) is 58.6 Å². The van der Waals surface area contributed by atoms with Crippen molar-refractivity contribution in [3.63, 3.8) is 0 Å². The Bertz CT molecular complexity index is 858. The zero-order valence-corrected chi connectivity index (χ0v) is 15.5. The zero-order chi connectivity index (χ0) is 19.5. The molecule has 4 rings (SSSR count). The van der Waals surface area contributed by atoms with Crippen LogP contribution in [-0.2, 0) is 4.79 Å². The van der Waals surface area contributed by atoms with Crippen molar-refractivity contribution in [1.29, 1.82) is 0 Å². The van der Waals surface area contributed by atoms with Gasteiger partial charge >= 0.3 is 0 Å². The number of amides is 2. The minimum atomic E-state index is -0.315. The molecule has 2 aromatic rings. The summed E-state index contributed by atoms with van der Waals surface area (Å²) in [5.74, 6) is 0.531. The molecule has 0 bridgehead atoms. The highest BCUT2D eigenvalue weighted by molar-refractivity contribution is 5.96. The van der Waals surface area contributed by atoms with Crippen molar-refractivity contribution in [2.45, 2.75) is 18.9 Å². The van der Waals surface area contributed by atoms with Gasteiger partial charge in [0.05, 0.1) is 6.54 Å². The van der Waals surface area contributed by atoms with Gasteiger partial charge in [-0.05, 0) is 43.0 Å². The van der Waals surface area contributed by atoms with Gasteiger partial charge in [-0.2, -0.15) is 0 Å². The summed E-state index contributed by atoms with van der Waals surface area (Å²) in [6, 6.07) is 15.0. The Hall–Kier alpha value is -2.89. The van der Waals surface area contributed by atoms with Crippen LogP contribution >= 0.6 is 0 Å². The second-order valence-electron chi connectivity index (χ2n) is 7.46. The number of nitrogens with zero attached hydrogens (tertiary/aromatic N) is 1. The first-order valence-electron chi connectivity index (χ1n) is 9.63. The van der Waals surface area contributed by atoms with Gasteiger partial charge in [-0.1, -0.05) is 24.3 Å². The molecule has 2 aliphatic rings. The number of rotatable bonds is 5. The molecule has 2 amide bonds. The fourth-order valence-corrected chi connectivity index (χ4v) is 4.24. The average molecular weight is 382 g/mol. The molecule has 2 fully saturated rings. The van der Waals surface area contributed by atoms with Gasteiger partial charge in [0.15, 0.2) is 0 Å². The summed E-state index contributed by atoms with van der Waals surface area (Å²) < 4.78 is 19.4. The van der Waals surface area contributed by atoms with Crippen LogP contribution in [0.4, 0.5) is 4.39 Å². The molecule has 2 aromatic carbocycles. The largest absolute Gasteiger partial charge is 0.490 e. The van der Waals surface area contributed by atoms with Crippen molar-refractivity contribution in [2.75, 3.05) is 19.6 Å². The SMILES string of the molecule is O=C(NCC(=O)N1C[C@@H]2CC[C@H](Oc3cccc(F)c3)[C@@H]2C1)c1ccccc1. The normalized spacial score (nSPS) is 23.3. The third-order valence-corrected chi connectivity index (χ3v) is 5.66. The van der Waals surface area contributed by atoms with Gasteiger partial charge in [-0.3, -0.25) is 9.59 Å². The molecule has 5 nitrogen and oxygen atoms in total. The first-order chi connectivity index (χ1) is 13.6. The van der Waals surface area contributed by atoms with E-state index >= 15 is 0 Å². The number of benzene rings is 2. The Labute approximate surface area is 163 Å². The summed E-state index contributed by atoms with van der Waals surface area (Å²) >= 11 is 0. The van der Waals surface area contributed by atoms with E-state index in [0.29, 0.717) is 30.3 Å². The van der Waals surface area contributed by atoms with E-state index in [4.69, 9.17) is 4.74 Å². The van der Waals surface area contributed by atoms with E-state index < -0.39 is 0 Å². The molecule has 3 atom stereocenters. The van der Waals surface area contributed by atoms with Gasteiger partial charge in [0.1, 0.15) is 17.7 Å². The van der Waals surface area contributed by atoms with E-state index in [1.54, 1.807) is 36.4 Å². The molecule has 1 saturated heterocycles. The molecule has 1 heterocycles. The Morgan fingerprint density at radius 3 is 2.68 bits per heavy atom. The van der Waals surface area contributed by atoms with Gasteiger partial charge in [0, 0.05) is 30.6 Å². The highest BCUT2D eigenvalue weighted by Gasteiger charge is 2.45. The maximum Gasteiger partial charge on any atom is 0.251 e. The number of hydrogen-bond donors (Lipinski definition) is 1. The fraction of sp³-hybridized carbons (Fsp3) is 0.364. The predicted molar refractivity (Wildman–Crippen MR) is 102 cm³/mol. The molecule has 1 N–H and O–H groups in total. The Balaban J connectivity index is 1.31. The highest BCUT2D eigenvalue weighted by Crippen LogP contribution is 2.40. The van der Waals surface area contributed by atoms with Gasteiger partial charge in [0.25, 0.3) is 5.91 Å². The highest BCUT2D eigenvalue weighted by atomic mass is 19.1. The van der Waals surface area contributed by atoms with Crippen molar-refractivity contribution < 1.29 is 18.7 Å². The average Bonchev–Trinajstić information content (AvgIpc) is 3.29. The van der Waals surface area contributed by atoms with Crippen LogP contribution in [0.5, 0.6) is 5.75 Å². The molecule has 146 valence electrons. The summed E-state index contributed by atoms with van der Waals surface area (Å²) in [7, 11) is 0. The maximum atomic E-state index is 13.4. The van der Waals surface area contributed by atoms with Gasteiger partial charge in [-0.25, -0.2) is 4.39 Å². The first kappa shape index (κ1) is 18.5. The minimum Gasteiger partial charge on any atom is -0.490 e. The Morgan fingerprint density at radius 2 is 1.89 bits per heavy atom. The molecule has 28 heavy (non-hydrogen) atoms. The van der Waals surface area contributed by atoms with Crippen LogP contribution in [0, 0.1) is 17.7 Å². The van der Waals surface area contributed by atoms with Crippen LogP contribution in [0.25, 0.3) is 0 Å². The van der Waals surface area contributed by atoms with Gasteiger partial charge in [0.2, 0.25) is 5.91 Å². The first-order valence-corrected chi connectivity index (χ1v) is 9.63. The van der Waals surface area contributed by atoms with Crippen molar-refractivity contribution in [1.82, 2.24) is 10.2 Å².